The van der Waals surface area contributed by atoms with Crippen molar-refractivity contribution in [1.29, 1.82) is 0 Å². The standard InChI is InChI=1S/C18H24N2O2/c1-13(21)19-15-7-9-16(10-8-15)20(17-11-12-17)18(22)14-5-3-2-4-6-14/h7-10,14,17H,2-6,11-12H2,1H3,(H,19,21). The lowest BCUT2D eigenvalue weighted by Crippen LogP contribution is -2.38. The molecule has 3 rings (SSSR count). The summed E-state index contributed by atoms with van der Waals surface area (Å²) in [7, 11) is 0. The maximum Gasteiger partial charge on any atom is 0.230 e. The molecule has 0 spiro atoms. The topological polar surface area (TPSA) is 49.4 Å². The van der Waals surface area contributed by atoms with Gasteiger partial charge in [0.25, 0.3) is 0 Å². The molecule has 0 heterocycles. The number of rotatable bonds is 4. The zero-order valence-corrected chi connectivity index (χ0v) is 13.2. The number of hydrogen-bond donors (Lipinski definition) is 1. The molecular weight excluding hydrogens is 276 g/mol. The van der Waals surface area contributed by atoms with Crippen LogP contribution >= 0.6 is 0 Å². The van der Waals surface area contributed by atoms with Crippen LogP contribution in [0.3, 0.4) is 0 Å². The van der Waals surface area contributed by atoms with Crippen LogP contribution in [0.5, 0.6) is 0 Å². The second-order valence-electron chi connectivity index (χ2n) is 6.50. The number of benzene rings is 1. The number of amides is 2. The third-order valence-corrected chi connectivity index (χ3v) is 4.57. The molecule has 0 atom stereocenters. The molecule has 0 unspecified atom stereocenters. The fourth-order valence-corrected chi connectivity index (χ4v) is 3.31. The van der Waals surface area contributed by atoms with E-state index in [0.29, 0.717) is 11.9 Å². The van der Waals surface area contributed by atoms with Crippen molar-refractivity contribution in [1.82, 2.24) is 0 Å². The van der Waals surface area contributed by atoms with Crippen LogP contribution in [0.1, 0.15) is 51.9 Å². The van der Waals surface area contributed by atoms with Crippen molar-refractivity contribution in [2.24, 2.45) is 5.92 Å². The zero-order valence-electron chi connectivity index (χ0n) is 13.2. The lowest BCUT2D eigenvalue weighted by Gasteiger charge is -2.29. The van der Waals surface area contributed by atoms with Gasteiger partial charge in [0.15, 0.2) is 0 Å². The Labute approximate surface area is 131 Å². The van der Waals surface area contributed by atoms with Gasteiger partial charge in [-0.2, -0.15) is 0 Å². The van der Waals surface area contributed by atoms with Gasteiger partial charge in [0, 0.05) is 30.3 Å². The zero-order chi connectivity index (χ0) is 15.5. The Kier molecular flexibility index (Phi) is 4.46. The largest absolute Gasteiger partial charge is 0.326 e. The first kappa shape index (κ1) is 15.1. The highest BCUT2D eigenvalue weighted by Crippen LogP contribution is 2.36. The van der Waals surface area contributed by atoms with Crippen molar-refractivity contribution in [2.75, 3.05) is 10.2 Å². The van der Waals surface area contributed by atoms with E-state index in [1.54, 1.807) is 0 Å². The van der Waals surface area contributed by atoms with Gasteiger partial charge in [-0.1, -0.05) is 19.3 Å². The van der Waals surface area contributed by atoms with Gasteiger partial charge in [0.05, 0.1) is 0 Å². The summed E-state index contributed by atoms with van der Waals surface area (Å²) in [6.07, 6.45) is 7.89. The highest BCUT2D eigenvalue weighted by molar-refractivity contribution is 5.96. The highest BCUT2D eigenvalue weighted by Gasteiger charge is 2.37. The Morgan fingerprint density at radius 2 is 1.64 bits per heavy atom. The molecular formula is C18H24N2O2. The highest BCUT2D eigenvalue weighted by atomic mass is 16.2. The van der Waals surface area contributed by atoms with E-state index in [9.17, 15) is 9.59 Å². The average Bonchev–Trinajstić information content (AvgIpc) is 3.34. The van der Waals surface area contributed by atoms with E-state index in [-0.39, 0.29) is 11.8 Å². The van der Waals surface area contributed by atoms with Crippen molar-refractivity contribution < 1.29 is 9.59 Å². The minimum absolute atomic E-state index is 0.0786. The summed E-state index contributed by atoms with van der Waals surface area (Å²) in [5.41, 5.74) is 1.74. The Hall–Kier alpha value is -1.84. The van der Waals surface area contributed by atoms with Crippen LogP contribution in [0.15, 0.2) is 24.3 Å². The fraction of sp³-hybridized carbons (Fsp3) is 0.556. The molecule has 1 aromatic carbocycles. The van der Waals surface area contributed by atoms with Crippen molar-refractivity contribution in [3.05, 3.63) is 24.3 Å². The van der Waals surface area contributed by atoms with Gasteiger partial charge in [-0.3, -0.25) is 9.59 Å². The Bertz CT molecular complexity index is 543. The van der Waals surface area contributed by atoms with Crippen LogP contribution in [0, 0.1) is 5.92 Å². The maximum atomic E-state index is 12.9. The van der Waals surface area contributed by atoms with Gasteiger partial charge in [0.1, 0.15) is 0 Å². The predicted molar refractivity (Wildman–Crippen MR) is 87.8 cm³/mol. The van der Waals surface area contributed by atoms with Crippen LogP contribution in [0.25, 0.3) is 0 Å². The number of anilines is 2. The molecule has 2 aliphatic rings. The number of nitrogens with zero attached hydrogens (tertiary/aromatic N) is 1. The van der Waals surface area contributed by atoms with Gasteiger partial charge in [-0.25, -0.2) is 0 Å². The van der Waals surface area contributed by atoms with E-state index in [2.05, 4.69) is 5.32 Å². The molecule has 2 amide bonds. The van der Waals surface area contributed by atoms with Crippen LogP contribution < -0.4 is 10.2 Å². The first-order chi connectivity index (χ1) is 10.6. The number of carbonyl (C=O) groups excluding carboxylic acids is 2. The third-order valence-electron chi connectivity index (χ3n) is 4.57. The van der Waals surface area contributed by atoms with Crippen LogP contribution in [-0.2, 0) is 9.59 Å². The molecule has 0 bridgehead atoms. The molecule has 1 N–H and O–H groups in total. The molecule has 1 aromatic rings. The quantitative estimate of drug-likeness (QED) is 0.921. The molecule has 0 aliphatic heterocycles. The second-order valence-corrected chi connectivity index (χ2v) is 6.50. The minimum Gasteiger partial charge on any atom is -0.326 e. The van der Waals surface area contributed by atoms with E-state index in [1.807, 2.05) is 29.2 Å². The first-order valence-electron chi connectivity index (χ1n) is 8.36. The summed E-state index contributed by atoms with van der Waals surface area (Å²) in [5, 5.41) is 2.77. The van der Waals surface area contributed by atoms with Crippen molar-refractivity contribution >= 4 is 23.2 Å². The molecule has 118 valence electrons. The first-order valence-corrected chi connectivity index (χ1v) is 8.36. The van der Waals surface area contributed by atoms with Crippen LogP contribution in [0.4, 0.5) is 11.4 Å². The summed E-state index contributed by atoms with van der Waals surface area (Å²) in [5.74, 6) is 0.420. The molecule has 2 fully saturated rings. The van der Waals surface area contributed by atoms with Crippen molar-refractivity contribution in [2.45, 2.75) is 57.9 Å². The normalized spacial score (nSPS) is 18.8. The number of hydrogen-bond acceptors (Lipinski definition) is 2. The Morgan fingerprint density at radius 1 is 1.00 bits per heavy atom. The van der Waals surface area contributed by atoms with Gasteiger partial charge in [-0.15, -0.1) is 0 Å². The maximum absolute atomic E-state index is 12.9. The third kappa shape index (κ3) is 3.49. The van der Waals surface area contributed by atoms with Crippen LogP contribution in [0.2, 0.25) is 0 Å². The van der Waals surface area contributed by atoms with E-state index >= 15 is 0 Å². The Morgan fingerprint density at radius 3 is 2.18 bits per heavy atom. The summed E-state index contributed by atoms with van der Waals surface area (Å²) >= 11 is 0. The number of carbonyl (C=O) groups is 2. The fourth-order valence-electron chi connectivity index (χ4n) is 3.31. The monoisotopic (exact) mass is 300 g/mol. The summed E-state index contributed by atoms with van der Waals surface area (Å²) < 4.78 is 0. The van der Waals surface area contributed by atoms with Gasteiger partial charge in [-0.05, 0) is 49.9 Å². The van der Waals surface area contributed by atoms with E-state index in [4.69, 9.17) is 0 Å². The molecule has 0 saturated heterocycles. The lowest BCUT2D eigenvalue weighted by molar-refractivity contribution is -0.123. The smallest absolute Gasteiger partial charge is 0.230 e. The molecule has 0 aromatic heterocycles. The van der Waals surface area contributed by atoms with Crippen molar-refractivity contribution in [3.8, 4) is 0 Å². The number of nitrogens with one attached hydrogen (secondary N) is 1. The van der Waals surface area contributed by atoms with Gasteiger partial charge in [0.2, 0.25) is 11.8 Å². The molecule has 0 radical (unpaired) electrons. The predicted octanol–water partition coefficient (Wildman–Crippen LogP) is 3.72. The van der Waals surface area contributed by atoms with Gasteiger partial charge >= 0.3 is 0 Å². The lowest BCUT2D eigenvalue weighted by atomic mass is 9.88. The van der Waals surface area contributed by atoms with Crippen molar-refractivity contribution in [3.63, 3.8) is 0 Å². The van der Waals surface area contributed by atoms with E-state index in [0.717, 1.165) is 37.1 Å². The summed E-state index contributed by atoms with van der Waals surface area (Å²) in [4.78, 5) is 26.0. The minimum atomic E-state index is -0.0786. The molecule has 4 nitrogen and oxygen atoms in total. The summed E-state index contributed by atoms with van der Waals surface area (Å²) in [6.45, 7) is 1.50. The summed E-state index contributed by atoms with van der Waals surface area (Å²) in [6, 6.07) is 8.02. The van der Waals surface area contributed by atoms with E-state index < -0.39 is 0 Å². The van der Waals surface area contributed by atoms with Gasteiger partial charge < -0.3 is 10.2 Å². The SMILES string of the molecule is CC(=O)Nc1ccc(N(C(=O)C2CCCCC2)C2CC2)cc1. The second kappa shape index (κ2) is 6.51. The molecule has 2 aliphatic carbocycles. The molecule has 4 heteroatoms. The average molecular weight is 300 g/mol. The van der Waals surface area contributed by atoms with E-state index in [1.165, 1.54) is 26.2 Å². The van der Waals surface area contributed by atoms with Crippen LogP contribution in [-0.4, -0.2) is 17.9 Å². The molecule has 2 saturated carbocycles. The Balaban J connectivity index is 1.75. The molecule has 22 heavy (non-hydrogen) atoms.